The van der Waals surface area contributed by atoms with Crippen LogP contribution in [0, 0.1) is 0 Å². The van der Waals surface area contributed by atoms with E-state index in [9.17, 15) is 0 Å². The van der Waals surface area contributed by atoms with E-state index in [1.807, 2.05) is 11.8 Å². The highest BCUT2D eigenvalue weighted by Crippen LogP contribution is 2.20. The Morgan fingerprint density at radius 2 is 1.94 bits per heavy atom. The van der Waals surface area contributed by atoms with E-state index in [1.54, 1.807) is 0 Å². The van der Waals surface area contributed by atoms with Gasteiger partial charge in [-0.05, 0) is 49.5 Å². The van der Waals surface area contributed by atoms with E-state index in [2.05, 4.69) is 65.6 Å². The van der Waals surface area contributed by atoms with Gasteiger partial charge in [-0.3, -0.25) is 0 Å². The van der Waals surface area contributed by atoms with E-state index < -0.39 is 0 Å². The Bertz CT molecular complexity index is 313. The van der Waals surface area contributed by atoms with Crippen LogP contribution in [0.25, 0.3) is 0 Å². The van der Waals surface area contributed by atoms with Crippen molar-refractivity contribution in [2.24, 2.45) is 0 Å². The van der Waals surface area contributed by atoms with E-state index in [0.717, 1.165) is 10.9 Å². The molecule has 0 spiro atoms. The molecule has 0 fully saturated rings. The number of hydrogen-bond acceptors (Lipinski definition) is 2. The maximum Gasteiger partial charge on any atom is 0.0319 e. The minimum Gasteiger partial charge on any atom is -0.307 e. The third-order valence-corrected chi connectivity index (χ3v) is 4.09. The minimum absolute atomic E-state index is 0.472. The summed E-state index contributed by atoms with van der Waals surface area (Å²) in [4.78, 5) is 0. The predicted octanol–water partition coefficient (Wildman–Crippen LogP) is 4.63. The Hall–Kier alpha value is 0.01000. The molecule has 2 unspecified atom stereocenters. The monoisotopic (exact) mass is 315 g/mol. The Balaban J connectivity index is 2.56. The number of rotatable bonds is 7. The molecule has 0 bridgehead atoms. The smallest absolute Gasteiger partial charge is 0.0319 e. The van der Waals surface area contributed by atoms with Gasteiger partial charge in [-0.2, -0.15) is 11.8 Å². The molecule has 1 aromatic carbocycles. The summed E-state index contributed by atoms with van der Waals surface area (Å²) in [6.45, 7) is 4.51. The molecule has 0 amide bonds. The van der Waals surface area contributed by atoms with Gasteiger partial charge in [0.2, 0.25) is 0 Å². The molecule has 96 valence electrons. The van der Waals surface area contributed by atoms with Crippen LogP contribution in [0.4, 0.5) is 0 Å². The second kappa shape index (κ2) is 8.17. The van der Waals surface area contributed by atoms with E-state index in [4.69, 9.17) is 0 Å². The van der Waals surface area contributed by atoms with Crippen molar-refractivity contribution < 1.29 is 0 Å². The molecule has 0 radical (unpaired) electrons. The Morgan fingerprint density at radius 3 is 2.47 bits per heavy atom. The van der Waals surface area contributed by atoms with Gasteiger partial charge in [-0.15, -0.1) is 0 Å². The van der Waals surface area contributed by atoms with Crippen molar-refractivity contribution in [1.29, 1.82) is 0 Å². The third kappa shape index (κ3) is 5.45. The molecule has 0 aromatic heterocycles. The first-order valence-electron chi connectivity index (χ1n) is 6.17. The van der Waals surface area contributed by atoms with Crippen molar-refractivity contribution in [3.63, 3.8) is 0 Å². The quantitative estimate of drug-likeness (QED) is 0.787. The number of benzene rings is 1. The van der Waals surface area contributed by atoms with Gasteiger partial charge in [-0.1, -0.05) is 35.0 Å². The maximum absolute atomic E-state index is 3.71. The van der Waals surface area contributed by atoms with Gasteiger partial charge in [0, 0.05) is 16.6 Å². The minimum atomic E-state index is 0.472. The zero-order valence-corrected chi connectivity index (χ0v) is 13.3. The Kier molecular flexibility index (Phi) is 7.24. The third-order valence-electron chi connectivity index (χ3n) is 2.92. The SMILES string of the molecule is CCC(NC(C)CCSC)c1ccc(Br)cc1. The van der Waals surface area contributed by atoms with Crippen LogP contribution in [0.3, 0.4) is 0 Å². The lowest BCUT2D eigenvalue weighted by Gasteiger charge is -2.22. The lowest BCUT2D eigenvalue weighted by atomic mass is 10.0. The molecule has 0 heterocycles. The van der Waals surface area contributed by atoms with Gasteiger partial charge in [0.15, 0.2) is 0 Å². The molecule has 1 aromatic rings. The molecule has 0 saturated heterocycles. The standard InChI is InChI=1S/C14H22BrNS/c1-4-14(16-11(2)9-10-17-3)12-5-7-13(15)8-6-12/h5-8,11,14,16H,4,9-10H2,1-3H3. The molecular weight excluding hydrogens is 294 g/mol. The molecular formula is C14H22BrNS. The predicted molar refractivity (Wildman–Crippen MR) is 82.8 cm³/mol. The fourth-order valence-electron chi connectivity index (χ4n) is 1.87. The van der Waals surface area contributed by atoms with Gasteiger partial charge < -0.3 is 5.32 Å². The molecule has 1 N–H and O–H groups in total. The number of nitrogens with one attached hydrogen (secondary N) is 1. The molecule has 0 saturated carbocycles. The van der Waals surface area contributed by atoms with E-state index in [-0.39, 0.29) is 0 Å². The van der Waals surface area contributed by atoms with Gasteiger partial charge >= 0.3 is 0 Å². The second-order valence-corrected chi connectivity index (χ2v) is 6.26. The lowest BCUT2D eigenvalue weighted by Crippen LogP contribution is -2.30. The van der Waals surface area contributed by atoms with Crippen molar-refractivity contribution in [2.75, 3.05) is 12.0 Å². The van der Waals surface area contributed by atoms with Crippen LogP contribution in [0.2, 0.25) is 0 Å². The summed E-state index contributed by atoms with van der Waals surface area (Å²) in [7, 11) is 0. The first kappa shape index (κ1) is 15.1. The van der Waals surface area contributed by atoms with Crippen molar-refractivity contribution in [2.45, 2.75) is 38.8 Å². The normalized spacial score (nSPS) is 14.6. The van der Waals surface area contributed by atoms with Crippen LogP contribution >= 0.6 is 27.7 Å². The molecule has 3 heteroatoms. The Labute approximate surface area is 118 Å². The van der Waals surface area contributed by atoms with E-state index >= 15 is 0 Å². The summed E-state index contributed by atoms with van der Waals surface area (Å²) < 4.78 is 1.14. The fourth-order valence-corrected chi connectivity index (χ4v) is 2.72. The van der Waals surface area contributed by atoms with Crippen molar-refractivity contribution in [1.82, 2.24) is 5.32 Å². The summed E-state index contributed by atoms with van der Waals surface area (Å²) in [6, 6.07) is 9.69. The summed E-state index contributed by atoms with van der Waals surface area (Å²) in [5.74, 6) is 1.23. The molecule has 1 nitrogen and oxygen atoms in total. The first-order valence-corrected chi connectivity index (χ1v) is 8.36. The topological polar surface area (TPSA) is 12.0 Å². The van der Waals surface area contributed by atoms with E-state index in [0.29, 0.717) is 12.1 Å². The van der Waals surface area contributed by atoms with Crippen LogP contribution in [-0.4, -0.2) is 18.1 Å². The molecule has 2 atom stereocenters. The zero-order chi connectivity index (χ0) is 12.7. The van der Waals surface area contributed by atoms with Gasteiger partial charge in [0.1, 0.15) is 0 Å². The maximum atomic E-state index is 3.71. The lowest BCUT2D eigenvalue weighted by molar-refractivity contribution is 0.439. The summed E-state index contributed by atoms with van der Waals surface area (Å²) in [5, 5.41) is 3.71. The summed E-state index contributed by atoms with van der Waals surface area (Å²) in [6.07, 6.45) is 4.53. The summed E-state index contributed by atoms with van der Waals surface area (Å²) in [5.41, 5.74) is 1.38. The average Bonchev–Trinajstić information content (AvgIpc) is 2.34. The van der Waals surface area contributed by atoms with Crippen LogP contribution in [0.15, 0.2) is 28.7 Å². The zero-order valence-electron chi connectivity index (χ0n) is 10.9. The largest absolute Gasteiger partial charge is 0.307 e. The second-order valence-electron chi connectivity index (χ2n) is 4.36. The van der Waals surface area contributed by atoms with Crippen molar-refractivity contribution >= 4 is 27.7 Å². The number of hydrogen-bond donors (Lipinski definition) is 1. The van der Waals surface area contributed by atoms with Crippen LogP contribution in [-0.2, 0) is 0 Å². The van der Waals surface area contributed by atoms with Crippen molar-refractivity contribution in [3.8, 4) is 0 Å². The average molecular weight is 316 g/mol. The molecule has 0 aliphatic heterocycles. The van der Waals surface area contributed by atoms with Crippen LogP contribution in [0.5, 0.6) is 0 Å². The van der Waals surface area contributed by atoms with Crippen molar-refractivity contribution in [3.05, 3.63) is 34.3 Å². The van der Waals surface area contributed by atoms with E-state index in [1.165, 1.54) is 17.7 Å². The number of halogens is 1. The van der Waals surface area contributed by atoms with Crippen LogP contribution < -0.4 is 5.32 Å². The Morgan fingerprint density at radius 1 is 1.29 bits per heavy atom. The highest BCUT2D eigenvalue weighted by molar-refractivity contribution is 9.10. The first-order chi connectivity index (χ1) is 8.17. The molecule has 0 aliphatic carbocycles. The fraction of sp³-hybridized carbons (Fsp3) is 0.571. The number of thioether (sulfide) groups is 1. The highest BCUT2D eigenvalue weighted by Gasteiger charge is 2.11. The van der Waals surface area contributed by atoms with Gasteiger partial charge in [0.05, 0.1) is 0 Å². The molecule has 1 rings (SSSR count). The molecule has 17 heavy (non-hydrogen) atoms. The van der Waals surface area contributed by atoms with Gasteiger partial charge in [0.25, 0.3) is 0 Å². The summed E-state index contributed by atoms with van der Waals surface area (Å²) >= 11 is 5.39. The van der Waals surface area contributed by atoms with Crippen LogP contribution in [0.1, 0.15) is 38.3 Å². The van der Waals surface area contributed by atoms with Gasteiger partial charge in [-0.25, -0.2) is 0 Å². The highest BCUT2D eigenvalue weighted by atomic mass is 79.9. The molecule has 0 aliphatic rings.